The number of benzene rings is 1. The Hall–Kier alpha value is -3.31. The maximum absolute atomic E-state index is 12.6. The molecule has 12 heteroatoms. The van der Waals surface area contributed by atoms with Crippen molar-refractivity contribution in [2.24, 2.45) is 0 Å². The quantitative estimate of drug-likeness (QED) is 0.532. The van der Waals surface area contributed by atoms with E-state index in [-0.39, 0.29) is 24.3 Å². The molecule has 3 aromatic rings. The summed E-state index contributed by atoms with van der Waals surface area (Å²) in [4.78, 5) is 43.7. The number of nitrogens with zero attached hydrogens (tertiary/aromatic N) is 5. The number of para-hydroxylation sites is 1. The van der Waals surface area contributed by atoms with E-state index in [1.54, 1.807) is 17.9 Å². The zero-order chi connectivity index (χ0) is 22.0. The molecule has 1 fully saturated rings. The van der Waals surface area contributed by atoms with Crippen LogP contribution in [0.1, 0.15) is 21.1 Å². The summed E-state index contributed by atoms with van der Waals surface area (Å²) in [7, 11) is 0. The number of aromatic nitrogens is 4. The van der Waals surface area contributed by atoms with Crippen LogP contribution < -0.4 is 20.9 Å². The highest BCUT2D eigenvalue weighted by atomic mass is 35.5. The molecular formula is C19H19ClN8O2S. The zero-order valence-electron chi connectivity index (χ0n) is 16.8. The average molecular weight is 459 g/mol. The molecule has 2 aromatic heterocycles. The van der Waals surface area contributed by atoms with Crippen molar-refractivity contribution in [3.63, 3.8) is 0 Å². The van der Waals surface area contributed by atoms with Crippen LogP contribution in [0.5, 0.6) is 0 Å². The third-order valence-corrected chi connectivity index (χ3v) is 5.69. The molecule has 0 radical (unpaired) electrons. The van der Waals surface area contributed by atoms with E-state index < -0.39 is 0 Å². The van der Waals surface area contributed by atoms with Crippen LogP contribution in [0, 0.1) is 13.8 Å². The fourth-order valence-electron chi connectivity index (χ4n) is 2.97. The van der Waals surface area contributed by atoms with Crippen molar-refractivity contribution in [3.05, 3.63) is 45.7 Å². The van der Waals surface area contributed by atoms with Crippen LogP contribution in [0.15, 0.2) is 24.4 Å². The van der Waals surface area contributed by atoms with Gasteiger partial charge in [0.1, 0.15) is 10.7 Å². The molecule has 160 valence electrons. The first kappa shape index (κ1) is 20.9. The van der Waals surface area contributed by atoms with Gasteiger partial charge in [-0.3, -0.25) is 14.9 Å². The van der Waals surface area contributed by atoms with Crippen LogP contribution in [-0.4, -0.2) is 51.4 Å². The fourth-order valence-corrected chi connectivity index (χ4v) is 3.95. The molecule has 1 aromatic carbocycles. The number of anilines is 4. The van der Waals surface area contributed by atoms with E-state index in [0.717, 1.165) is 16.9 Å². The average Bonchev–Trinajstić information content (AvgIpc) is 3.19. The predicted octanol–water partition coefficient (Wildman–Crippen LogP) is 2.53. The maximum atomic E-state index is 12.6. The lowest BCUT2D eigenvalue weighted by Gasteiger charge is -2.26. The van der Waals surface area contributed by atoms with Gasteiger partial charge in [-0.15, -0.1) is 0 Å². The van der Waals surface area contributed by atoms with Gasteiger partial charge in [-0.1, -0.05) is 35.1 Å². The minimum absolute atomic E-state index is 0.0804. The van der Waals surface area contributed by atoms with Gasteiger partial charge in [0.25, 0.3) is 5.91 Å². The third kappa shape index (κ3) is 4.89. The molecule has 0 saturated carbocycles. The van der Waals surface area contributed by atoms with Gasteiger partial charge in [0.15, 0.2) is 5.13 Å². The van der Waals surface area contributed by atoms with Crippen molar-refractivity contribution in [2.45, 2.75) is 13.8 Å². The number of thiazole rings is 1. The van der Waals surface area contributed by atoms with E-state index >= 15 is 0 Å². The molecule has 4 rings (SSSR count). The first-order valence-corrected chi connectivity index (χ1v) is 10.6. The summed E-state index contributed by atoms with van der Waals surface area (Å²) in [5.41, 5.74) is 1.43. The van der Waals surface area contributed by atoms with Crippen LogP contribution in [0.25, 0.3) is 0 Å². The highest BCUT2D eigenvalue weighted by Crippen LogP contribution is 2.27. The van der Waals surface area contributed by atoms with Crippen molar-refractivity contribution in [3.8, 4) is 0 Å². The second-order valence-electron chi connectivity index (χ2n) is 6.82. The Kier molecular flexibility index (Phi) is 5.96. The lowest BCUT2D eigenvalue weighted by atomic mass is 10.2. The van der Waals surface area contributed by atoms with Crippen molar-refractivity contribution in [1.29, 1.82) is 0 Å². The number of carbonyl (C=O) groups excluding carboxylic acids is 2. The Morgan fingerprint density at radius 3 is 2.87 bits per heavy atom. The molecule has 1 aliphatic heterocycles. The number of hydrogen-bond acceptors (Lipinski definition) is 9. The SMILES string of the molecule is Cc1nc(Nc2ncc(C(=O)Nc3c(C)cccc3Cl)s2)nc(N2CCNC(=O)C2)n1. The van der Waals surface area contributed by atoms with E-state index in [9.17, 15) is 9.59 Å². The lowest BCUT2D eigenvalue weighted by Crippen LogP contribution is -2.48. The summed E-state index contributed by atoms with van der Waals surface area (Å²) in [5, 5.41) is 9.52. The largest absolute Gasteiger partial charge is 0.353 e. The molecule has 3 N–H and O–H groups in total. The number of hydrogen-bond donors (Lipinski definition) is 3. The molecule has 31 heavy (non-hydrogen) atoms. The van der Waals surface area contributed by atoms with Gasteiger partial charge < -0.3 is 15.5 Å². The lowest BCUT2D eigenvalue weighted by molar-refractivity contribution is -0.120. The molecule has 3 heterocycles. The van der Waals surface area contributed by atoms with E-state index in [0.29, 0.717) is 45.6 Å². The van der Waals surface area contributed by atoms with E-state index in [1.165, 1.54) is 6.20 Å². The monoisotopic (exact) mass is 458 g/mol. The number of amides is 2. The smallest absolute Gasteiger partial charge is 0.267 e. The van der Waals surface area contributed by atoms with Crippen LogP contribution in [0.3, 0.4) is 0 Å². The minimum Gasteiger partial charge on any atom is -0.353 e. The summed E-state index contributed by atoms with van der Waals surface area (Å²) in [6, 6.07) is 5.41. The number of carbonyl (C=O) groups is 2. The predicted molar refractivity (Wildman–Crippen MR) is 119 cm³/mol. The summed E-state index contributed by atoms with van der Waals surface area (Å²) >= 11 is 7.34. The maximum Gasteiger partial charge on any atom is 0.267 e. The number of piperazine rings is 1. The second kappa shape index (κ2) is 8.82. The van der Waals surface area contributed by atoms with E-state index in [4.69, 9.17) is 11.6 Å². The van der Waals surface area contributed by atoms with Gasteiger partial charge in [-0.05, 0) is 25.5 Å². The van der Waals surface area contributed by atoms with Crippen LogP contribution in [-0.2, 0) is 4.79 Å². The standard InChI is InChI=1S/C19H19ClN8O2S/c1-10-4-3-5-12(20)15(10)25-16(30)13-8-22-19(31-13)27-17-23-11(2)24-18(26-17)28-7-6-21-14(29)9-28/h3-5,8H,6-7,9H2,1-2H3,(H,21,29)(H,25,30)(H,22,23,24,26,27). The molecule has 0 bridgehead atoms. The summed E-state index contributed by atoms with van der Waals surface area (Å²) < 4.78 is 0. The summed E-state index contributed by atoms with van der Waals surface area (Å²) in [5.74, 6) is 0.809. The van der Waals surface area contributed by atoms with Crippen molar-refractivity contribution in [2.75, 3.05) is 35.2 Å². The van der Waals surface area contributed by atoms with Gasteiger partial charge >= 0.3 is 0 Å². The second-order valence-corrected chi connectivity index (χ2v) is 8.26. The molecule has 0 spiro atoms. The normalized spacial score (nSPS) is 13.6. The first-order chi connectivity index (χ1) is 14.9. The number of halogens is 1. The molecule has 1 aliphatic rings. The zero-order valence-corrected chi connectivity index (χ0v) is 18.3. The first-order valence-electron chi connectivity index (χ1n) is 9.42. The van der Waals surface area contributed by atoms with Gasteiger partial charge in [0.2, 0.25) is 17.8 Å². The molecule has 2 amide bonds. The fraction of sp³-hybridized carbons (Fsp3) is 0.263. The van der Waals surface area contributed by atoms with Gasteiger partial charge in [0.05, 0.1) is 23.5 Å². The Bertz CT molecular complexity index is 1130. The van der Waals surface area contributed by atoms with Crippen molar-refractivity contribution >= 4 is 57.5 Å². The van der Waals surface area contributed by atoms with Gasteiger partial charge in [-0.25, -0.2) is 4.98 Å². The van der Waals surface area contributed by atoms with E-state index in [1.807, 2.05) is 19.1 Å². The molecule has 0 aliphatic carbocycles. The summed E-state index contributed by atoms with van der Waals surface area (Å²) in [6.07, 6.45) is 1.47. The minimum atomic E-state index is -0.311. The summed E-state index contributed by atoms with van der Waals surface area (Å²) in [6.45, 7) is 4.94. The third-order valence-electron chi connectivity index (χ3n) is 4.47. The molecule has 10 nitrogen and oxygen atoms in total. The molecule has 1 saturated heterocycles. The highest BCUT2D eigenvalue weighted by Gasteiger charge is 2.20. The number of nitrogens with one attached hydrogen (secondary N) is 3. The van der Waals surface area contributed by atoms with Gasteiger partial charge in [-0.2, -0.15) is 15.0 Å². The van der Waals surface area contributed by atoms with E-state index in [2.05, 4.69) is 35.9 Å². The molecule has 0 atom stereocenters. The van der Waals surface area contributed by atoms with Crippen molar-refractivity contribution < 1.29 is 9.59 Å². The topological polar surface area (TPSA) is 125 Å². The Morgan fingerprint density at radius 1 is 1.26 bits per heavy atom. The highest BCUT2D eigenvalue weighted by molar-refractivity contribution is 7.17. The molecule has 0 unspecified atom stereocenters. The Balaban J connectivity index is 1.49. The van der Waals surface area contributed by atoms with Crippen LogP contribution in [0.2, 0.25) is 5.02 Å². The number of rotatable bonds is 5. The van der Waals surface area contributed by atoms with Crippen LogP contribution in [0.4, 0.5) is 22.7 Å². The molecular weight excluding hydrogens is 440 g/mol. The van der Waals surface area contributed by atoms with Gasteiger partial charge in [0, 0.05) is 13.1 Å². The van der Waals surface area contributed by atoms with Crippen molar-refractivity contribution in [1.82, 2.24) is 25.3 Å². The Labute approximate surface area is 187 Å². The number of aryl methyl sites for hydroxylation is 2. The van der Waals surface area contributed by atoms with Crippen LogP contribution >= 0.6 is 22.9 Å². The Morgan fingerprint density at radius 2 is 2.10 bits per heavy atom.